The molecule has 0 amide bonds. The Hall–Kier alpha value is 0.160. The van der Waals surface area contributed by atoms with Crippen LogP contribution >= 0.6 is 11.6 Å². The van der Waals surface area contributed by atoms with Gasteiger partial charge in [0.1, 0.15) is 0 Å². The molecule has 1 aliphatic carbocycles. The highest BCUT2D eigenvalue weighted by Gasteiger charge is 2.35. The van der Waals surface area contributed by atoms with E-state index < -0.39 is 10.2 Å². The van der Waals surface area contributed by atoms with Gasteiger partial charge in [0.05, 0.1) is 0 Å². The lowest BCUT2D eigenvalue weighted by Crippen LogP contribution is -2.49. The third kappa shape index (κ3) is 3.00. The number of halogens is 1. The number of piperidine rings is 1. The number of rotatable bonds is 4. The molecule has 0 bridgehead atoms. The van der Waals surface area contributed by atoms with Crippen molar-refractivity contribution in [3.63, 3.8) is 0 Å². The van der Waals surface area contributed by atoms with Crippen molar-refractivity contribution >= 4 is 21.8 Å². The minimum Gasteiger partial charge on any atom is -0.195 e. The first kappa shape index (κ1) is 14.6. The highest BCUT2D eigenvalue weighted by molar-refractivity contribution is 7.86. The Kier molecular flexibility index (Phi) is 4.92. The van der Waals surface area contributed by atoms with Crippen molar-refractivity contribution in [2.45, 2.75) is 44.6 Å². The van der Waals surface area contributed by atoms with Gasteiger partial charge in [0, 0.05) is 32.1 Å². The van der Waals surface area contributed by atoms with E-state index in [4.69, 9.17) is 11.6 Å². The molecule has 0 aromatic heterocycles. The molecule has 1 aliphatic heterocycles. The Morgan fingerprint density at radius 3 is 2.50 bits per heavy atom. The van der Waals surface area contributed by atoms with Gasteiger partial charge >= 0.3 is 0 Å². The topological polar surface area (TPSA) is 40.6 Å². The van der Waals surface area contributed by atoms with Crippen molar-refractivity contribution in [3.8, 4) is 0 Å². The number of hydrogen-bond acceptors (Lipinski definition) is 2. The van der Waals surface area contributed by atoms with E-state index in [1.807, 2.05) is 0 Å². The molecule has 0 spiro atoms. The third-order valence-corrected chi connectivity index (χ3v) is 6.68. The van der Waals surface area contributed by atoms with Crippen molar-refractivity contribution < 1.29 is 8.42 Å². The van der Waals surface area contributed by atoms with Crippen molar-refractivity contribution in [1.29, 1.82) is 0 Å². The lowest BCUT2D eigenvalue weighted by atomic mass is 10.0. The molecule has 0 radical (unpaired) electrons. The summed E-state index contributed by atoms with van der Waals surface area (Å²) < 4.78 is 28.3. The summed E-state index contributed by atoms with van der Waals surface area (Å²) in [4.78, 5) is 0. The molecule has 106 valence electrons. The molecule has 0 aromatic rings. The summed E-state index contributed by atoms with van der Waals surface area (Å²) in [6.07, 6.45) is 6.27. The molecule has 1 unspecified atom stereocenters. The lowest BCUT2D eigenvalue weighted by molar-refractivity contribution is 0.253. The van der Waals surface area contributed by atoms with E-state index in [-0.39, 0.29) is 6.04 Å². The van der Waals surface area contributed by atoms with Crippen molar-refractivity contribution in [2.75, 3.05) is 26.0 Å². The second-order valence-corrected chi connectivity index (χ2v) is 7.78. The van der Waals surface area contributed by atoms with Crippen molar-refractivity contribution in [1.82, 2.24) is 8.61 Å². The fourth-order valence-electron chi connectivity index (χ4n) is 3.00. The third-order valence-electron chi connectivity index (χ3n) is 4.23. The van der Waals surface area contributed by atoms with Gasteiger partial charge in [-0.15, -0.1) is 11.6 Å². The van der Waals surface area contributed by atoms with Crippen LogP contribution in [0.5, 0.6) is 0 Å². The maximum atomic E-state index is 12.5. The highest BCUT2D eigenvalue weighted by Crippen LogP contribution is 2.28. The summed E-state index contributed by atoms with van der Waals surface area (Å²) >= 11 is 5.87. The fraction of sp³-hybridized carbons (Fsp3) is 1.00. The fourth-order valence-corrected chi connectivity index (χ4v) is 4.96. The van der Waals surface area contributed by atoms with Crippen LogP contribution in [-0.2, 0) is 10.2 Å². The van der Waals surface area contributed by atoms with E-state index in [1.165, 1.54) is 0 Å². The smallest absolute Gasteiger partial charge is 0.195 e. The largest absolute Gasteiger partial charge is 0.281 e. The van der Waals surface area contributed by atoms with Crippen LogP contribution in [0.4, 0.5) is 0 Å². The standard InChI is InChI=1S/C12H23ClN2O2S/c1-14(12-6-2-3-7-12)18(16,17)15-8-4-5-11(9-13)10-15/h11-12H,2-10H2,1H3. The molecule has 2 rings (SSSR count). The van der Waals surface area contributed by atoms with E-state index in [1.54, 1.807) is 15.7 Å². The van der Waals surface area contributed by atoms with Gasteiger partial charge in [-0.2, -0.15) is 17.0 Å². The summed E-state index contributed by atoms with van der Waals surface area (Å²) in [5, 5.41) is 0. The van der Waals surface area contributed by atoms with Crippen LogP contribution < -0.4 is 0 Å². The van der Waals surface area contributed by atoms with E-state index in [2.05, 4.69) is 0 Å². The van der Waals surface area contributed by atoms with E-state index >= 15 is 0 Å². The maximum Gasteiger partial charge on any atom is 0.281 e. The normalized spacial score (nSPS) is 28.1. The molecule has 18 heavy (non-hydrogen) atoms. The molecule has 0 N–H and O–H groups in total. The Bertz CT molecular complexity index is 368. The van der Waals surface area contributed by atoms with Crippen LogP contribution in [0.3, 0.4) is 0 Å². The predicted octanol–water partition coefficient (Wildman–Crippen LogP) is 2.06. The minimum atomic E-state index is -3.28. The van der Waals surface area contributed by atoms with Gasteiger partial charge < -0.3 is 0 Å². The van der Waals surface area contributed by atoms with Gasteiger partial charge in [-0.05, 0) is 31.6 Å². The second-order valence-electron chi connectivity index (χ2n) is 5.48. The first-order chi connectivity index (χ1) is 8.55. The van der Waals surface area contributed by atoms with Crippen LogP contribution in [0.1, 0.15) is 38.5 Å². The molecule has 2 fully saturated rings. The molecular formula is C12H23ClN2O2S. The van der Waals surface area contributed by atoms with Gasteiger partial charge in [-0.1, -0.05) is 12.8 Å². The van der Waals surface area contributed by atoms with Crippen molar-refractivity contribution in [3.05, 3.63) is 0 Å². The van der Waals surface area contributed by atoms with Crippen LogP contribution in [0.15, 0.2) is 0 Å². The number of alkyl halides is 1. The van der Waals surface area contributed by atoms with Gasteiger partial charge in [0.15, 0.2) is 0 Å². The predicted molar refractivity (Wildman–Crippen MR) is 74.0 cm³/mol. The summed E-state index contributed by atoms with van der Waals surface area (Å²) in [7, 11) is -1.55. The molecule has 1 saturated carbocycles. The zero-order valence-electron chi connectivity index (χ0n) is 11.0. The molecule has 1 heterocycles. The summed E-state index contributed by atoms with van der Waals surface area (Å²) in [6.45, 7) is 1.23. The summed E-state index contributed by atoms with van der Waals surface area (Å²) in [5.41, 5.74) is 0. The highest BCUT2D eigenvalue weighted by atomic mass is 35.5. The zero-order chi connectivity index (χ0) is 13.2. The van der Waals surface area contributed by atoms with E-state index in [9.17, 15) is 8.42 Å². The quantitative estimate of drug-likeness (QED) is 0.745. The van der Waals surface area contributed by atoms with E-state index in [0.717, 1.165) is 38.5 Å². The van der Waals surface area contributed by atoms with Gasteiger partial charge in [-0.25, -0.2) is 0 Å². The zero-order valence-corrected chi connectivity index (χ0v) is 12.6. The molecule has 2 aliphatic rings. The Morgan fingerprint density at radius 1 is 1.22 bits per heavy atom. The molecule has 1 atom stereocenters. The Morgan fingerprint density at radius 2 is 1.89 bits per heavy atom. The average Bonchev–Trinajstić information content (AvgIpc) is 2.91. The summed E-state index contributed by atoms with van der Waals surface area (Å²) in [6, 6.07) is 0.200. The van der Waals surface area contributed by atoms with Gasteiger partial charge in [0.25, 0.3) is 10.2 Å². The van der Waals surface area contributed by atoms with Gasteiger partial charge in [0.2, 0.25) is 0 Å². The molecular weight excluding hydrogens is 272 g/mol. The molecule has 6 heteroatoms. The first-order valence-corrected chi connectivity index (χ1v) is 8.78. The maximum absolute atomic E-state index is 12.5. The van der Waals surface area contributed by atoms with Crippen LogP contribution in [-0.4, -0.2) is 49.1 Å². The molecule has 4 nitrogen and oxygen atoms in total. The Balaban J connectivity index is 2.04. The van der Waals surface area contributed by atoms with Gasteiger partial charge in [-0.3, -0.25) is 0 Å². The van der Waals surface area contributed by atoms with Crippen LogP contribution in [0.25, 0.3) is 0 Å². The van der Waals surface area contributed by atoms with Crippen LogP contribution in [0, 0.1) is 5.92 Å². The van der Waals surface area contributed by atoms with E-state index in [0.29, 0.717) is 24.9 Å². The van der Waals surface area contributed by atoms with Crippen molar-refractivity contribution in [2.24, 2.45) is 5.92 Å². The number of hydrogen-bond donors (Lipinski definition) is 0. The lowest BCUT2D eigenvalue weighted by Gasteiger charge is -2.35. The minimum absolute atomic E-state index is 0.200. The average molecular weight is 295 g/mol. The molecule has 0 aromatic carbocycles. The Labute approximate surface area is 115 Å². The second kappa shape index (κ2) is 6.07. The first-order valence-electron chi connectivity index (χ1n) is 6.84. The monoisotopic (exact) mass is 294 g/mol. The SMILES string of the molecule is CN(C1CCCC1)S(=O)(=O)N1CCCC(CCl)C1. The van der Waals surface area contributed by atoms with Crippen LogP contribution in [0.2, 0.25) is 0 Å². The summed E-state index contributed by atoms with van der Waals surface area (Å²) in [5.74, 6) is 0.867. The molecule has 1 saturated heterocycles. The number of nitrogens with zero attached hydrogens (tertiary/aromatic N) is 2.